The van der Waals surface area contributed by atoms with Gasteiger partial charge in [0.1, 0.15) is 12.1 Å². The summed E-state index contributed by atoms with van der Waals surface area (Å²) in [7, 11) is 1.68. The van der Waals surface area contributed by atoms with Crippen molar-refractivity contribution in [2.24, 2.45) is 5.92 Å². The Morgan fingerprint density at radius 2 is 2.17 bits per heavy atom. The van der Waals surface area contributed by atoms with E-state index in [1.165, 1.54) is 0 Å². The first kappa shape index (κ1) is 19.4. The van der Waals surface area contributed by atoms with Gasteiger partial charge in [0.25, 0.3) is 0 Å². The number of likely N-dealkylation sites (tertiary alicyclic amines) is 1. The number of para-hydroxylation sites is 1. The third kappa shape index (κ3) is 3.25. The van der Waals surface area contributed by atoms with Gasteiger partial charge in [0.2, 0.25) is 5.91 Å². The Balaban J connectivity index is 1.36. The lowest BCUT2D eigenvalue weighted by atomic mass is 9.70. The maximum atomic E-state index is 12.8. The highest BCUT2D eigenvalue weighted by Gasteiger charge is 2.53. The minimum Gasteiger partial charge on any atom is -0.493 e. The summed E-state index contributed by atoms with van der Waals surface area (Å²) in [6.45, 7) is 4.42. The zero-order valence-electron chi connectivity index (χ0n) is 17.7. The summed E-state index contributed by atoms with van der Waals surface area (Å²) in [5, 5.41) is 4.25. The number of rotatable bonds is 3. The van der Waals surface area contributed by atoms with Crippen molar-refractivity contribution in [1.82, 2.24) is 14.7 Å². The smallest absolute Gasteiger partial charge is 0.244 e. The second-order valence-corrected chi connectivity index (χ2v) is 8.68. The van der Waals surface area contributed by atoms with E-state index in [1.807, 2.05) is 30.2 Å². The monoisotopic (exact) mass is 411 g/mol. The van der Waals surface area contributed by atoms with Crippen molar-refractivity contribution in [2.75, 3.05) is 26.8 Å². The first-order chi connectivity index (χ1) is 14.6. The van der Waals surface area contributed by atoms with Crippen molar-refractivity contribution in [3.8, 4) is 11.5 Å². The molecule has 2 atom stereocenters. The molecule has 1 aromatic heterocycles. The topological polar surface area (TPSA) is 65.8 Å². The van der Waals surface area contributed by atoms with Crippen LogP contribution in [0.5, 0.6) is 11.5 Å². The molecule has 3 aliphatic heterocycles. The molecule has 0 radical (unpaired) electrons. The van der Waals surface area contributed by atoms with E-state index in [0.717, 1.165) is 54.9 Å². The third-order valence-electron chi connectivity index (χ3n) is 6.86. The molecule has 160 valence electrons. The number of methoxy groups -OCH3 is 1. The van der Waals surface area contributed by atoms with Gasteiger partial charge in [0.15, 0.2) is 11.5 Å². The highest BCUT2D eigenvalue weighted by molar-refractivity contribution is 5.76. The van der Waals surface area contributed by atoms with Crippen LogP contribution in [0, 0.1) is 12.8 Å². The number of carbonyl (C=O) groups excluding carboxylic acids is 1. The fraction of sp³-hybridized carbons (Fsp3) is 0.565. The Hall–Kier alpha value is -2.54. The Bertz CT molecular complexity index is 932. The van der Waals surface area contributed by atoms with Gasteiger partial charge in [-0.15, -0.1) is 0 Å². The number of fused-ring (bicyclic) bond motifs is 4. The number of amides is 1. The summed E-state index contributed by atoms with van der Waals surface area (Å²) in [5.41, 5.74) is 1.84. The van der Waals surface area contributed by atoms with E-state index in [9.17, 15) is 4.79 Å². The number of hydrogen-bond acceptors (Lipinski definition) is 5. The van der Waals surface area contributed by atoms with E-state index in [2.05, 4.69) is 11.2 Å². The average Bonchev–Trinajstić information content (AvgIpc) is 3.18. The molecular weight excluding hydrogens is 382 g/mol. The number of piperidine rings is 1. The maximum absolute atomic E-state index is 12.8. The zero-order valence-corrected chi connectivity index (χ0v) is 17.7. The van der Waals surface area contributed by atoms with Crippen molar-refractivity contribution < 1.29 is 19.0 Å². The number of ether oxygens (including phenoxy) is 3. The molecular formula is C23H29N3O4. The van der Waals surface area contributed by atoms with Crippen LogP contribution in [-0.4, -0.2) is 53.0 Å². The lowest BCUT2D eigenvalue weighted by molar-refractivity contribution is -0.157. The van der Waals surface area contributed by atoms with Crippen molar-refractivity contribution in [2.45, 2.75) is 50.9 Å². The summed E-state index contributed by atoms with van der Waals surface area (Å²) in [6, 6.07) is 6.05. The maximum Gasteiger partial charge on any atom is 0.244 e. The van der Waals surface area contributed by atoms with Crippen LogP contribution < -0.4 is 9.47 Å². The van der Waals surface area contributed by atoms with Gasteiger partial charge >= 0.3 is 0 Å². The Labute approximate surface area is 176 Å². The van der Waals surface area contributed by atoms with Gasteiger partial charge in [-0.05, 0) is 31.4 Å². The van der Waals surface area contributed by atoms with Crippen LogP contribution in [0.15, 0.2) is 30.6 Å². The van der Waals surface area contributed by atoms with E-state index in [4.69, 9.17) is 14.2 Å². The van der Waals surface area contributed by atoms with E-state index < -0.39 is 0 Å². The van der Waals surface area contributed by atoms with Gasteiger partial charge in [-0.25, -0.2) is 0 Å². The van der Waals surface area contributed by atoms with Gasteiger partial charge in [-0.1, -0.05) is 12.1 Å². The fourth-order valence-electron chi connectivity index (χ4n) is 5.33. The van der Waals surface area contributed by atoms with Crippen molar-refractivity contribution in [3.63, 3.8) is 0 Å². The second-order valence-electron chi connectivity index (χ2n) is 8.68. The van der Waals surface area contributed by atoms with Crippen LogP contribution in [0.3, 0.4) is 0 Å². The Kier molecular flexibility index (Phi) is 4.93. The molecule has 0 unspecified atom stereocenters. The lowest BCUT2D eigenvalue weighted by Crippen LogP contribution is -2.58. The van der Waals surface area contributed by atoms with Gasteiger partial charge in [-0.3, -0.25) is 9.48 Å². The minimum atomic E-state index is -0.314. The Morgan fingerprint density at radius 3 is 2.90 bits per heavy atom. The van der Waals surface area contributed by atoms with Gasteiger partial charge in [-0.2, -0.15) is 5.10 Å². The first-order valence-electron chi connectivity index (χ1n) is 10.8. The lowest BCUT2D eigenvalue weighted by Gasteiger charge is -2.53. The molecule has 1 aromatic carbocycles. The van der Waals surface area contributed by atoms with Crippen molar-refractivity contribution >= 4 is 5.91 Å². The number of benzene rings is 1. The number of aromatic nitrogens is 2. The highest BCUT2D eigenvalue weighted by atomic mass is 16.5. The molecule has 7 heteroatoms. The SMILES string of the molecule is COc1cccc2c1OC1(CCN(C(=O)Cn3cc(C)cn3)CC1)[C@H]1CCCO[C@H]21. The van der Waals surface area contributed by atoms with E-state index in [1.54, 1.807) is 18.0 Å². The molecule has 1 amide bonds. The number of carbonyl (C=O) groups is 1. The second kappa shape index (κ2) is 7.61. The van der Waals surface area contributed by atoms with Gasteiger partial charge < -0.3 is 19.1 Å². The number of hydrogen-bond donors (Lipinski definition) is 0. The molecule has 4 heterocycles. The van der Waals surface area contributed by atoms with Crippen LogP contribution in [0.4, 0.5) is 0 Å². The van der Waals surface area contributed by atoms with E-state index in [-0.39, 0.29) is 24.2 Å². The molecule has 0 bridgehead atoms. The normalized spacial score (nSPS) is 24.7. The van der Waals surface area contributed by atoms with Crippen LogP contribution in [-0.2, 0) is 16.1 Å². The minimum absolute atomic E-state index is 0.0342. The third-order valence-corrected chi connectivity index (χ3v) is 6.86. The van der Waals surface area contributed by atoms with E-state index in [0.29, 0.717) is 19.0 Å². The summed E-state index contributed by atoms with van der Waals surface area (Å²) in [4.78, 5) is 14.8. The molecule has 0 N–H and O–H groups in total. The van der Waals surface area contributed by atoms with Crippen LogP contribution in [0.1, 0.15) is 42.9 Å². The van der Waals surface area contributed by atoms with Crippen LogP contribution in [0.2, 0.25) is 0 Å². The summed E-state index contributed by atoms with van der Waals surface area (Å²) in [5.74, 6) is 1.98. The zero-order chi connectivity index (χ0) is 20.7. The molecule has 7 nitrogen and oxygen atoms in total. The number of aryl methyl sites for hydroxylation is 1. The summed E-state index contributed by atoms with van der Waals surface area (Å²) < 4.78 is 20.3. The molecule has 2 saturated heterocycles. The molecule has 1 spiro atoms. The molecule has 2 aromatic rings. The predicted octanol–water partition coefficient (Wildman–Crippen LogP) is 3.12. The van der Waals surface area contributed by atoms with Crippen LogP contribution in [0.25, 0.3) is 0 Å². The molecule has 30 heavy (non-hydrogen) atoms. The van der Waals surface area contributed by atoms with Gasteiger partial charge in [0, 0.05) is 50.2 Å². The molecule has 5 rings (SSSR count). The average molecular weight is 412 g/mol. The predicted molar refractivity (Wildman–Crippen MR) is 111 cm³/mol. The summed E-state index contributed by atoms with van der Waals surface area (Å²) >= 11 is 0. The quantitative estimate of drug-likeness (QED) is 0.776. The first-order valence-corrected chi connectivity index (χ1v) is 10.8. The standard InChI is InChI=1S/C23H29N3O4/c1-16-13-24-26(14-16)15-20(27)25-10-8-23(9-11-25)18-6-4-12-29-21(18)17-5-3-7-19(28-2)22(17)30-23/h3,5,7,13-14,18,21H,4,6,8-12,15H2,1-2H3/t18-,21+/m0/s1. The molecule has 3 aliphatic rings. The van der Waals surface area contributed by atoms with E-state index >= 15 is 0 Å². The number of nitrogens with zero attached hydrogens (tertiary/aromatic N) is 3. The van der Waals surface area contributed by atoms with Crippen molar-refractivity contribution in [3.05, 3.63) is 41.7 Å². The van der Waals surface area contributed by atoms with Crippen molar-refractivity contribution in [1.29, 1.82) is 0 Å². The summed E-state index contributed by atoms with van der Waals surface area (Å²) in [6.07, 6.45) is 7.46. The van der Waals surface area contributed by atoms with Crippen LogP contribution >= 0.6 is 0 Å². The molecule has 0 aliphatic carbocycles. The van der Waals surface area contributed by atoms with Gasteiger partial charge in [0.05, 0.1) is 19.4 Å². The molecule has 2 fully saturated rings. The largest absolute Gasteiger partial charge is 0.493 e. The highest BCUT2D eigenvalue weighted by Crippen LogP contribution is 2.55. The fourth-order valence-corrected chi connectivity index (χ4v) is 5.33. The molecule has 0 saturated carbocycles. The Morgan fingerprint density at radius 1 is 1.33 bits per heavy atom.